The van der Waals surface area contributed by atoms with E-state index in [0.29, 0.717) is 18.7 Å². The zero-order valence-corrected chi connectivity index (χ0v) is 16.8. The van der Waals surface area contributed by atoms with Gasteiger partial charge in [-0.3, -0.25) is 9.03 Å². The minimum Gasteiger partial charge on any atom is -0.495 e. The molecule has 0 aliphatic carbocycles. The van der Waals surface area contributed by atoms with E-state index in [1.54, 1.807) is 0 Å². The number of ether oxygens (including phenoxy) is 2. The first-order chi connectivity index (χ1) is 13.2. The maximum atomic E-state index is 13.6. The van der Waals surface area contributed by atoms with Crippen LogP contribution in [0.2, 0.25) is 0 Å². The highest BCUT2D eigenvalue weighted by molar-refractivity contribution is 7.93. The number of nitrogens with one attached hydrogen (secondary N) is 1. The van der Waals surface area contributed by atoms with E-state index < -0.39 is 25.9 Å². The van der Waals surface area contributed by atoms with E-state index in [9.17, 15) is 21.2 Å². The molecule has 1 aliphatic rings. The summed E-state index contributed by atoms with van der Waals surface area (Å²) >= 11 is 0. The van der Waals surface area contributed by atoms with Gasteiger partial charge in [0.05, 0.1) is 31.3 Å². The van der Waals surface area contributed by atoms with Crippen molar-refractivity contribution in [3.63, 3.8) is 0 Å². The van der Waals surface area contributed by atoms with Crippen LogP contribution in [0.15, 0.2) is 41.3 Å². The zero-order valence-electron chi connectivity index (χ0n) is 15.2. The quantitative estimate of drug-likeness (QED) is 0.754. The lowest BCUT2D eigenvalue weighted by Crippen LogP contribution is -2.25. The lowest BCUT2D eigenvalue weighted by Gasteiger charge is -2.19. The summed E-state index contributed by atoms with van der Waals surface area (Å²) in [6, 6.07) is 7.45. The van der Waals surface area contributed by atoms with Crippen molar-refractivity contribution in [1.82, 2.24) is 0 Å². The van der Waals surface area contributed by atoms with Crippen LogP contribution in [-0.4, -0.2) is 43.4 Å². The molecule has 1 fully saturated rings. The van der Waals surface area contributed by atoms with Gasteiger partial charge in [-0.2, -0.15) is 0 Å². The number of anilines is 2. The molecular weight excluding hydrogens is 411 g/mol. The summed E-state index contributed by atoms with van der Waals surface area (Å²) in [7, 11) is -4.97. The first-order valence-electron chi connectivity index (χ1n) is 8.23. The molecule has 1 N–H and O–H groups in total. The topological polar surface area (TPSA) is 102 Å². The number of halogens is 1. The molecule has 0 radical (unpaired) electrons. The fraction of sp³-hybridized carbons (Fsp3) is 0.294. The average Bonchev–Trinajstić information content (AvgIpc) is 3.01. The Kier molecular flexibility index (Phi) is 5.39. The summed E-state index contributed by atoms with van der Waals surface area (Å²) in [5.74, 6) is -0.572. The maximum Gasteiger partial charge on any atom is 0.265 e. The van der Waals surface area contributed by atoms with Crippen LogP contribution in [-0.2, 0) is 20.0 Å². The second-order valence-electron chi connectivity index (χ2n) is 6.03. The summed E-state index contributed by atoms with van der Waals surface area (Å²) < 4.78 is 77.0. The van der Waals surface area contributed by atoms with Gasteiger partial charge in [0.25, 0.3) is 10.0 Å². The molecule has 0 spiro atoms. The second-order valence-corrected chi connectivity index (χ2v) is 9.69. The summed E-state index contributed by atoms with van der Waals surface area (Å²) in [6.07, 6.45) is 0.512. The molecule has 0 saturated carbocycles. The highest BCUT2D eigenvalue weighted by Crippen LogP contribution is 2.35. The van der Waals surface area contributed by atoms with E-state index >= 15 is 0 Å². The summed E-state index contributed by atoms with van der Waals surface area (Å²) in [6.45, 7) is 0.344. The molecule has 0 unspecified atom stereocenters. The minimum absolute atomic E-state index is 0.0207. The Bertz CT molecular complexity index is 1100. The van der Waals surface area contributed by atoms with Crippen molar-refractivity contribution in [3.05, 3.63) is 42.2 Å². The monoisotopic (exact) mass is 430 g/mol. The predicted molar refractivity (Wildman–Crippen MR) is 103 cm³/mol. The van der Waals surface area contributed by atoms with Crippen LogP contribution >= 0.6 is 0 Å². The first kappa shape index (κ1) is 20.2. The van der Waals surface area contributed by atoms with Gasteiger partial charge in [-0.25, -0.2) is 21.2 Å². The molecular formula is C17H19FN2O6S2. The van der Waals surface area contributed by atoms with Crippen LogP contribution < -0.4 is 18.5 Å². The number of hydrogen-bond acceptors (Lipinski definition) is 6. The van der Waals surface area contributed by atoms with Crippen molar-refractivity contribution in [3.8, 4) is 11.5 Å². The third-order valence-corrected chi connectivity index (χ3v) is 7.49. The van der Waals surface area contributed by atoms with Crippen LogP contribution in [0, 0.1) is 5.82 Å². The highest BCUT2D eigenvalue weighted by Gasteiger charge is 2.29. The summed E-state index contributed by atoms with van der Waals surface area (Å²) in [5.41, 5.74) is 0.454. The van der Waals surface area contributed by atoms with Gasteiger partial charge in [0.15, 0.2) is 0 Å². The van der Waals surface area contributed by atoms with Gasteiger partial charge in [-0.05, 0) is 36.8 Å². The van der Waals surface area contributed by atoms with Gasteiger partial charge in [0, 0.05) is 12.6 Å². The fourth-order valence-corrected chi connectivity index (χ4v) is 5.72. The smallest absolute Gasteiger partial charge is 0.265 e. The van der Waals surface area contributed by atoms with Gasteiger partial charge in [0.2, 0.25) is 10.0 Å². The first-order valence-corrected chi connectivity index (χ1v) is 11.3. The lowest BCUT2D eigenvalue weighted by molar-refractivity contribution is 0.401. The molecule has 0 bridgehead atoms. The normalized spacial score (nSPS) is 16.0. The van der Waals surface area contributed by atoms with Gasteiger partial charge >= 0.3 is 0 Å². The molecule has 1 heterocycles. The van der Waals surface area contributed by atoms with Crippen molar-refractivity contribution in [2.24, 2.45) is 0 Å². The van der Waals surface area contributed by atoms with Crippen molar-refractivity contribution in [2.45, 2.75) is 11.3 Å². The number of nitrogens with zero attached hydrogens (tertiary/aromatic N) is 1. The van der Waals surface area contributed by atoms with E-state index in [-0.39, 0.29) is 27.8 Å². The molecule has 2 aromatic carbocycles. The summed E-state index contributed by atoms with van der Waals surface area (Å²) in [4.78, 5) is -0.372. The third-order valence-electron chi connectivity index (χ3n) is 4.23. The number of benzene rings is 2. The molecule has 8 nitrogen and oxygen atoms in total. The molecule has 152 valence electrons. The van der Waals surface area contributed by atoms with Crippen LogP contribution in [0.3, 0.4) is 0 Å². The Morgan fingerprint density at radius 1 is 1.07 bits per heavy atom. The maximum absolute atomic E-state index is 13.6. The molecule has 2 aromatic rings. The van der Waals surface area contributed by atoms with E-state index in [0.717, 1.165) is 12.1 Å². The SMILES string of the molecule is COc1cc(N2CCCS2(=O)=O)ccc1NS(=O)(=O)c1cc(F)ccc1OC. The highest BCUT2D eigenvalue weighted by atomic mass is 32.2. The largest absolute Gasteiger partial charge is 0.495 e. The molecule has 0 aromatic heterocycles. The third kappa shape index (κ3) is 3.85. The number of hydrogen-bond donors (Lipinski definition) is 1. The van der Waals surface area contributed by atoms with Gasteiger partial charge in [0.1, 0.15) is 22.2 Å². The van der Waals surface area contributed by atoms with Gasteiger partial charge < -0.3 is 9.47 Å². The second kappa shape index (κ2) is 7.47. The minimum atomic E-state index is -4.19. The lowest BCUT2D eigenvalue weighted by atomic mass is 10.2. The molecule has 0 atom stereocenters. The van der Waals surface area contributed by atoms with Crippen LogP contribution in [0.1, 0.15) is 6.42 Å². The molecule has 11 heteroatoms. The summed E-state index contributed by atoms with van der Waals surface area (Å²) in [5, 5.41) is 0. The fourth-order valence-electron chi connectivity index (χ4n) is 2.91. The molecule has 1 saturated heterocycles. The van der Waals surface area contributed by atoms with Crippen LogP contribution in [0.25, 0.3) is 0 Å². The van der Waals surface area contributed by atoms with Crippen molar-refractivity contribution in [2.75, 3.05) is 35.5 Å². The molecule has 0 amide bonds. The van der Waals surface area contributed by atoms with Crippen LogP contribution in [0.4, 0.5) is 15.8 Å². The van der Waals surface area contributed by atoms with Crippen LogP contribution in [0.5, 0.6) is 11.5 Å². The van der Waals surface area contributed by atoms with E-state index in [4.69, 9.17) is 9.47 Å². The van der Waals surface area contributed by atoms with E-state index in [1.165, 1.54) is 42.8 Å². The van der Waals surface area contributed by atoms with Crippen molar-refractivity contribution >= 4 is 31.4 Å². The molecule has 28 heavy (non-hydrogen) atoms. The average molecular weight is 430 g/mol. The Morgan fingerprint density at radius 2 is 1.79 bits per heavy atom. The zero-order chi connectivity index (χ0) is 20.5. The molecule has 3 rings (SSSR count). The van der Waals surface area contributed by atoms with E-state index in [2.05, 4.69) is 4.72 Å². The van der Waals surface area contributed by atoms with Crippen molar-refractivity contribution in [1.29, 1.82) is 0 Å². The number of sulfonamides is 2. The number of rotatable bonds is 6. The van der Waals surface area contributed by atoms with Gasteiger partial charge in [-0.15, -0.1) is 0 Å². The van der Waals surface area contributed by atoms with Gasteiger partial charge in [-0.1, -0.05) is 0 Å². The Labute approximate surface area is 163 Å². The predicted octanol–water partition coefficient (Wildman–Crippen LogP) is 2.18. The Hall–Kier alpha value is -2.53. The Morgan fingerprint density at radius 3 is 2.39 bits per heavy atom. The standard InChI is InChI=1S/C17H19FN2O6S2/c1-25-15-7-4-12(18)10-17(15)28(23,24)19-14-6-5-13(11-16(14)26-2)20-8-3-9-27(20,21)22/h4-7,10-11,19H,3,8-9H2,1-2H3. The van der Waals surface area contributed by atoms with Crippen molar-refractivity contribution < 1.29 is 30.7 Å². The number of methoxy groups -OCH3 is 2. The molecule has 1 aliphatic heterocycles. The Balaban J connectivity index is 1.97. The van der Waals surface area contributed by atoms with E-state index in [1.807, 2.05) is 0 Å².